The molecule has 3 aliphatic rings. The number of ether oxygens (including phenoxy) is 1. The molecule has 1 heterocycles. The van der Waals surface area contributed by atoms with Gasteiger partial charge >= 0.3 is 5.97 Å². The maximum Gasteiger partial charge on any atom is 0.329 e. The SMILES string of the molecule is CC1(C)C2CCC1(C)C(OC(=O)C1CCCN1C(=O)C(CC#N)NC(=O)c1ccc(O)c(O)c1)C2. The Bertz CT molecular complexity index is 1080. The van der Waals surface area contributed by atoms with Crippen molar-refractivity contribution < 1.29 is 29.3 Å². The number of nitriles is 1. The van der Waals surface area contributed by atoms with Crippen LogP contribution in [0.1, 0.15) is 69.7 Å². The Kier molecular flexibility index (Phi) is 6.43. The number of nitrogens with zero attached hydrogens (tertiary/aromatic N) is 2. The molecule has 0 spiro atoms. The molecular formula is C26H33N3O6. The van der Waals surface area contributed by atoms with Crippen LogP contribution in [-0.2, 0) is 14.3 Å². The van der Waals surface area contributed by atoms with Crippen LogP contribution in [0.3, 0.4) is 0 Å². The number of hydrogen-bond donors (Lipinski definition) is 3. The third-order valence-corrected chi connectivity index (χ3v) is 8.92. The van der Waals surface area contributed by atoms with Gasteiger partial charge in [0.25, 0.3) is 5.91 Å². The second-order valence-electron chi connectivity index (χ2n) is 10.8. The van der Waals surface area contributed by atoms with Crippen molar-refractivity contribution in [3.63, 3.8) is 0 Å². The summed E-state index contributed by atoms with van der Waals surface area (Å²) < 4.78 is 6.03. The summed E-state index contributed by atoms with van der Waals surface area (Å²) >= 11 is 0. The number of esters is 1. The minimum atomic E-state index is -1.16. The summed E-state index contributed by atoms with van der Waals surface area (Å²) in [5, 5.41) is 30.9. The van der Waals surface area contributed by atoms with Gasteiger partial charge in [-0.2, -0.15) is 5.26 Å². The molecule has 2 aliphatic carbocycles. The number of carbonyl (C=O) groups is 3. The standard InChI is InChI=1S/C26H33N3O6/c1-25(2)16-8-10-26(25,3)21(14-16)35-24(34)18-5-4-12-29(18)23(33)17(9-11-27)28-22(32)15-6-7-19(30)20(31)13-15/h6-7,13,16-18,21,30-31H,4-5,8-10,12,14H2,1-3H3,(H,28,32). The monoisotopic (exact) mass is 483 g/mol. The molecule has 3 N–H and O–H groups in total. The number of phenols is 2. The van der Waals surface area contributed by atoms with Crippen molar-refractivity contribution >= 4 is 17.8 Å². The molecule has 1 aromatic carbocycles. The van der Waals surface area contributed by atoms with E-state index in [-0.39, 0.29) is 34.7 Å². The van der Waals surface area contributed by atoms with Gasteiger partial charge in [-0.25, -0.2) is 4.79 Å². The lowest BCUT2D eigenvalue weighted by Crippen LogP contribution is -2.52. The normalized spacial score (nSPS) is 29.4. The maximum atomic E-state index is 13.3. The topological polar surface area (TPSA) is 140 Å². The highest BCUT2D eigenvalue weighted by molar-refractivity contribution is 5.98. The van der Waals surface area contributed by atoms with Crippen LogP contribution in [0.2, 0.25) is 0 Å². The van der Waals surface area contributed by atoms with Crippen LogP contribution in [0.15, 0.2) is 18.2 Å². The highest BCUT2D eigenvalue weighted by atomic mass is 16.5. The van der Waals surface area contributed by atoms with Gasteiger partial charge in [0.15, 0.2) is 11.5 Å². The number of likely N-dealkylation sites (tertiary alicyclic amines) is 1. The van der Waals surface area contributed by atoms with Crippen molar-refractivity contribution in [1.29, 1.82) is 5.26 Å². The van der Waals surface area contributed by atoms with Crippen molar-refractivity contribution in [2.75, 3.05) is 6.54 Å². The summed E-state index contributed by atoms with van der Waals surface area (Å²) in [5.74, 6) is -1.94. The fourth-order valence-electron chi connectivity index (χ4n) is 6.20. The van der Waals surface area contributed by atoms with Gasteiger partial charge in [-0.05, 0) is 61.6 Å². The quantitative estimate of drug-likeness (QED) is 0.417. The van der Waals surface area contributed by atoms with E-state index in [0.717, 1.165) is 31.4 Å². The van der Waals surface area contributed by atoms with Crippen molar-refractivity contribution in [1.82, 2.24) is 10.2 Å². The number of rotatable bonds is 6. The van der Waals surface area contributed by atoms with Gasteiger partial charge in [-0.15, -0.1) is 0 Å². The van der Waals surface area contributed by atoms with E-state index in [1.54, 1.807) is 0 Å². The first kappa shape index (κ1) is 24.8. The van der Waals surface area contributed by atoms with E-state index in [1.165, 1.54) is 11.0 Å². The number of amides is 2. The summed E-state index contributed by atoms with van der Waals surface area (Å²) in [5.41, 5.74) is 0.0300. The predicted octanol–water partition coefficient (Wildman–Crippen LogP) is 2.86. The lowest BCUT2D eigenvalue weighted by molar-refractivity contribution is -0.165. The van der Waals surface area contributed by atoms with Crippen molar-refractivity contribution in [2.45, 2.75) is 77.5 Å². The molecular weight excluding hydrogens is 450 g/mol. The Morgan fingerprint density at radius 1 is 1.23 bits per heavy atom. The first-order valence-electron chi connectivity index (χ1n) is 12.2. The van der Waals surface area contributed by atoms with Gasteiger partial charge in [0.05, 0.1) is 12.5 Å². The third kappa shape index (κ3) is 4.19. The number of carbonyl (C=O) groups excluding carboxylic acids is 3. The molecule has 9 heteroatoms. The minimum Gasteiger partial charge on any atom is -0.504 e. The van der Waals surface area contributed by atoms with Crippen LogP contribution in [0.5, 0.6) is 11.5 Å². The predicted molar refractivity (Wildman–Crippen MR) is 125 cm³/mol. The lowest BCUT2D eigenvalue weighted by Gasteiger charge is -2.39. The fraction of sp³-hybridized carbons (Fsp3) is 0.615. The van der Waals surface area contributed by atoms with E-state index in [0.29, 0.717) is 25.3 Å². The number of fused-ring (bicyclic) bond motifs is 2. The minimum absolute atomic E-state index is 0.0283. The second-order valence-corrected chi connectivity index (χ2v) is 10.8. The average Bonchev–Trinajstić information content (AvgIpc) is 3.43. The van der Waals surface area contributed by atoms with Crippen LogP contribution in [0.25, 0.3) is 0 Å². The first-order valence-corrected chi connectivity index (χ1v) is 12.2. The number of phenolic OH excluding ortho intramolecular Hbond substituents is 2. The molecule has 5 unspecified atom stereocenters. The molecule has 2 saturated carbocycles. The fourth-order valence-corrected chi connectivity index (χ4v) is 6.20. The average molecular weight is 484 g/mol. The Hall–Kier alpha value is -3.28. The zero-order valence-corrected chi connectivity index (χ0v) is 20.4. The Morgan fingerprint density at radius 3 is 2.57 bits per heavy atom. The van der Waals surface area contributed by atoms with Crippen molar-refractivity contribution in [3.05, 3.63) is 23.8 Å². The van der Waals surface area contributed by atoms with E-state index in [2.05, 4.69) is 26.1 Å². The zero-order valence-electron chi connectivity index (χ0n) is 20.4. The lowest BCUT2D eigenvalue weighted by atomic mass is 9.70. The molecule has 188 valence electrons. The van der Waals surface area contributed by atoms with Gasteiger partial charge in [0.2, 0.25) is 5.91 Å². The number of benzene rings is 1. The highest BCUT2D eigenvalue weighted by Gasteiger charge is 2.63. The molecule has 2 bridgehead atoms. The molecule has 35 heavy (non-hydrogen) atoms. The molecule has 2 amide bonds. The van der Waals surface area contributed by atoms with Crippen molar-refractivity contribution in [2.24, 2.45) is 16.7 Å². The molecule has 1 aromatic rings. The summed E-state index contributed by atoms with van der Waals surface area (Å²) in [4.78, 5) is 40.6. The molecule has 3 fully saturated rings. The molecule has 0 aromatic heterocycles. The molecule has 0 radical (unpaired) electrons. The summed E-state index contributed by atoms with van der Waals surface area (Å²) in [6, 6.07) is 3.55. The largest absolute Gasteiger partial charge is 0.504 e. The van der Waals surface area contributed by atoms with E-state index in [1.807, 2.05) is 6.07 Å². The highest BCUT2D eigenvalue weighted by Crippen LogP contribution is 2.66. The van der Waals surface area contributed by atoms with E-state index >= 15 is 0 Å². The van der Waals surface area contributed by atoms with Gasteiger partial charge < -0.3 is 25.2 Å². The maximum absolute atomic E-state index is 13.3. The van der Waals surface area contributed by atoms with Gasteiger partial charge in [0.1, 0.15) is 18.2 Å². The van der Waals surface area contributed by atoms with Crippen LogP contribution < -0.4 is 5.32 Å². The van der Waals surface area contributed by atoms with Gasteiger partial charge in [-0.3, -0.25) is 9.59 Å². The van der Waals surface area contributed by atoms with E-state index < -0.39 is 35.6 Å². The Morgan fingerprint density at radius 2 is 1.97 bits per heavy atom. The first-order chi connectivity index (χ1) is 16.5. The van der Waals surface area contributed by atoms with Crippen LogP contribution in [0.4, 0.5) is 0 Å². The molecule has 1 aliphatic heterocycles. The smallest absolute Gasteiger partial charge is 0.329 e. The van der Waals surface area contributed by atoms with Crippen LogP contribution in [-0.4, -0.2) is 57.6 Å². The third-order valence-electron chi connectivity index (χ3n) is 8.92. The van der Waals surface area contributed by atoms with Gasteiger partial charge in [-0.1, -0.05) is 20.8 Å². The summed E-state index contributed by atoms with van der Waals surface area (Å²) in [7, 11) is 0. The molecule has 4 rings (SSSR count). The van der Waals surface area contributed by atoms with E-state index in [4.69, 9.17) is 4.74 Å². The van der Waals surface area contributed by atoms with Crippen LogP contribution in [0, 0.1) is 28.1 Å². The number of nitrogens with one attached hydrogen (secondary N) is 1. The Balaban J connectivity index is 1.45. The summed E-state index contributed by atoms with van der Waals surface area (Å²) in [6.45, 7) is 7.02. The molecule has 1 saturated heterocycles. The summed E-state index contributed by atoms with van der Waals surface area (Å²) in [6.07, 6.45) is 3.63. The molecule has 5 atom stereocenters. The second kappa shape index (κ2) is 9.06. The molecule has 9 nitrogen and oxygen atoms in total. The Labute approximate surface area is 205 Å². The number of hydrogen-bond acceptors (Lipinski definition) is 7. The van der Waals surface area contributed by atoms with E-state index in [9.17, 15) is 29.9 Å². The number of aromatic hydroxyl groups is 2. The zero-order chi connectivity index (χ0) is 25.5. The van der Waals surface area contributed by atoms with Gasteiger partial charge in [0, 0.05) is 17.5 Å². The van der Waals surface area contributed by atoms with Crippen LogP contribution >= 0.6 is 0 Å². The van der Waals surface area contributed by atoms with Crippen molar-refractivity contribution in [3.8, 4) is 17.6 Å².